The maximum atomic E-state index is 5.90. The van der Waals surface area contributed by atoms with Gasteiger partial charge in [-0.05, 0) is 24.1 Å². The van der Waals surface area contributed by atoms with E-state index in [1.54, 1.807) is 7.11 Å². The number of rotatable bonds is 10. The molecule has 0 fully saturated rings. The van der Waals surface area contributed by atoms with Crippen molar-refractivity contribution in [1.82, 2.24) is 0 Å². The smallest absolute Gasteiger partial charge is 0.124 e. The number of benzene rings is 2. The van der Waals surface area contributed by atoms with Gasteiger partial charge in [0.25, 0.3) is 0 Å². The van der Waals surface area contributed by atoms with Crippen LogP contribution in [0.5, 0.6) is 11.5 Å². The summed E-state index contributed by atoms with van der Waals surface area (Å²) >= 11 is 0. The Morgan fingerprint density at radius 3 is 2.58 bits per heavy atom. The number of hydrogen-bond acceptors (Lipinski definition) is 4. The molecule has 0 atom stereocenters. The number of methoxy groups -OCH3 is 1. The van der Waals surface area contributed by atoms with Gasteiger partial charge in [-0.25, -0.2) is 0 Å². The van der Waals surface area contributed by atoms with Crippen LogP contribution in [0.1, 0.15) is 19.4 Å². The Labute approximate surface area is 144 Å². The Balaban J connectivity index is 1.94. The molecule has 0 aliphatic heterocycles. The second-order valence-electron chi connectivity index (χ2n) is 6.04. The van der Waals surface area contributed by atoms with E-state index in [9.17, 15) is 0 Å². The first kappa shape index (κ1) is 18.1. The highest BCUT2D eigenvalue weighted by molar-refractivity contribution is 5.49. The summed E-state index contributed by atoms with van der Waals surface area (Å²) in [5, 5.41) is 3.43. The van der Waals surface area contributed by atoms with Gasteiger partial charge in [0.05, 0.1) is 13.2 Å². The molecule has 0 spiro atoms. The second kappa shape index (κ2) is 9.83. The van der Waals surface area contributed by atoms with E-state index in [0.29, 0.717) is 25.7 Å². The van der Waals surface area contributed by atoms with Crippen molar-refractivity contribution in [2.24, 2.45) is 5.92 Å². The van der Waals surface area contributed by atoms with Gasteiger partial charge in [-0.3, -0.25) is 0 Å². The van der Waals surface area contributed by atoms with Crippen LogP contribution in [-0.4, -0.2) is 26.9 Å². The quantitative estimate of drug-likeness (QED) is 0.658. The molecule has 0 radical (unpaired) electrons. The molecule has 0 saturated heterocycles. The van der Waals surface area contributed by atoms with Gasteiger partial charge in [-0.1, -0.05) is 38.1 Å². The summed E-state index contributed by atoms with van der Waals surface area (Å²) in [6.07, 6.45) is 0. The number of hydrogen-bond donors (Lipinski definition) is 1. The standard InChI is InChI=1S/C20H27NO3/c1-16(2)15-24-20-10-5-4-7-17(20)14-21-18-8-6-9-19(13-18)23-12-11-22-3/h4-10,13,16,21H,11-12,14-15H2,1-3H3. The zero-order valence-electron chi connectivity index (χ0n) is 14.7. The molecule has 2 rings (SSSR count). The fourth-order valence-corrected chi connectivity index (χ4v) is 2.18. The fraction of sp³-hybridized carbons (Fsp3) is 0.400. The first-order valence-corrected chi connectivity index (χ1v) is 8.35. The number of para-hydroxylation sites is 1. The SMILES string of the molecule is COCCOc1cccc(NCc2ccccc2OCC(C)C)c1. The van der Waals surface area contributed by atoms with Gasteiger partial charge in [0.2, 0.25) is 0 Å². The molecule has 130 valence electrons. The molecule has 4 nitrogen and oxygen atoms in total. The Bertz CT molecular complexity index is 613. The predicted octanol–water partition coefficient (Wildman–Crippen LogP) is 4.36. The number of nitrogens with one attached hydrogen (secondary N) is 1. The normalized spacial score (nSPS) is 10.7. The van der Waals surface area contributed by atoms with Crippen molar-refractivity contribution in [3.63, 3.8) is 0 Å². The van der Waals surface area contributed by atoms with E-state index in [1.165, 1.54) is 0 Å². The summed E-state index contributed by atoms with van der Waals surface area (Å²) < 4.78 is 16.5. The largest absolute Gasteiger partial charge is 0.493 e. The van der Waals surface area contributed by atoms with Crippen LogP contribution >= 0.6 is 0 Å². The predicted molar refractivity (Wildman–Crippen MR) is 97.9 cm³/mol. The topological polar surface area (TPSA) is 39.7 Å². The summed E-state index contributed by atoms with van der Waals surface area (Å²) in [7, 11) is 1.67. The van der Waals surface area contributed by atoms with E-state index < -0.39 is 0 Å². The minimum Gasteiger partial charge on any atom is -0.493 e. The van der Waals surface area contributed by atoms with E-state index in [4.69, 9.17) is 14.2 Å². The monoisotopic (exact) mass is 329 g/mol. The van der Waals surface area contributed by atoms with Gasteiger partial charge >= 0.3 is 0 Å². The van der Waals surface area contributed by atoms with Crippen LogP contribution in [0, 0.1) is 5.92 Å². The molecule has 0 amide bonds. The van der Waals surface area contributed by atoms with Gasteiger partial charge < -0.3 is 19.5 Å². The van der Waals surface area contributed by atoms with Crippen molar-refractivity contribution in [2.75, 3.05) is 32.2 Å². The van der Waals surface area contributed by atoms with E-state index in [2.05, 4.69) is 25.2 Å². The first-order valence-electron chi connectivity index (χ1n) is 8.35. The Hall–Kier alpha value is -2.20. The Kier molecular flexibility index (Phi) is 7.43. The second-order valence-corrected chi connectivity index (χ2v) is 6.04. The molecule has 0 heterocycles. The van der Waals surface area contributed by atoms with Crippen LogP contribution in [0.15, 0.2) is 48.5 Å². The van der Waals surface area contributed by atoms with Crippen molar-refractivity contribution in [2.45, 2.75) is 20.4 Å². The van der Waals surface area contributed by atoms with Crippen molar-refractivity contribution in [3.05, 3.63) is 54.1 Å². The maximum absolute atomic E-state index is 5.90. The van der Waals surface area contributed by atoms with Crippen LogP contribution in [0.25, 0.3) is 0 Å². The molecule has 1 N–H and O–H groups in total. The summed E-state index contributed by atoms with van der Waals surface area (Å²) in [4.78, 5) is 0. The van der Waals surface area contributed by atoms with Crippen LogP contribution in [0.4, 0.5) is 5.69 Å². The zero-order valence-corrected chi connectivity index (χ0v) is 14.7. The van der Waals surface area contributed by atoms with Crippen LogP contribution in [0.2, 0.25) is 0 Å². The molecule has 2 aromatic rings. The maximum Gasteiger partial charge on any atom is 0.124 e. The van der Waals surface area contributed by atoms with Gasteiger partial charge in [-0.2, -0.15) is 0 Å². The average Bonchev–Trinajstić information content (AvgIpc) is 2.59. The van der Waals surface area contributed by atoms with E-state index in [1.807, 2.05) is 42.5 Å². The lowest BCUT2D eigenvalue weighted by Crippen LogP contribution is -2.08. The first-order chi connectivity index (χ1) is 11.7. The molecule has 4 heteroatoms. The molecular weight excluding hydrogens is 302 g/mol. The zero-order chi connectivity index (χ0) is 17.2. The fourth-order valence-electron chi connectivity index (χ4n) is 2.18. The Morgan fingerprint density at radius 2 is 1.79 bits per heavy atom. The molecule has 0 bridgehead atoms. The average molecular weight is 329 g/mol. The highest BCUT2D eigenvalue weighted by atomic mass is 16.5. The number of ether oxygens (including phenoxy) is 3. The third-order valence-electron chi connectivity index (χ3n) is 3.42. The summed E-state index contributed by atoms with van der Waals surface area (Å²) in [5.41, 5.74) is 2.16. The third-order valence-corrected chi connectivity index (χ3v) is 3.42. The highest BCUT2D eigenvalue weighted by Crippen LogP contribution is 2.22. The Morgan fingerprint density at radius 1 is 0.958 bits per heavy atom. The molecule has 24 heavy (non-hydrogen) atoms. The molecular formula is C20H27NO3. The molecule has 0 aliphatic rings. The minimum absolute atomic E-state index is 0.506. The third kappa shape index (κ3) is 6.13. The summed E-state index contributed by atoms with van der Waals surface area (Å²) in [6, 6.07) is 16.1. The molecule has 0 unspecified atom stereocenters. The highest BCUT2D eigenvalue weighted by Gasteiger charge is 2.05. The molecule has 0 saturated carbocycles. The van der Waals surface area contributed by atoms with Crippen molar-refractivity contribution < 1.29 is 14.2 Å². The van der Waals surface area contributed by atoms with Crippen LogP contribution < -0.4 is 14.8 Å². The van der Waals surface area contributed by atoms with Crippen molar-refractivity contribution >= 4 is 5.69 Å². The summed E-state index contributed by atoms with van der Waals surface area (Å²) in [6.45, 7) is 6.85. The van der Waals surface area contributed by atoms with Gasteiger partial charge in [0.1, 0.15) is 18.1 Å². The van der Waals surface area contributed by atoms with Crippen LogP contribution in [0.3, 0.4) is 0 Å². The van der Waals surface area contributed by atoms with Gasteiger partial charge in [0, 0.05) is 31.0 Å². The van der Waals surface area contributed by atoms with Gasteiger partial charge in [0.15, 0.2) is 0 Å². The van der Waals surface area contributed by atoms with Crippen LogP contribution in [-0.2, 0) is 11.3 Å². The lowest BCUT2D eigenvalue weighted by molar-refractivity contribution is 0.146. The van der Waals surface area contributed by atoms with E-state index in [0.717, 1.165) is 29.4 Å². The van der Waals surface area contributed by atoms with Gasteiger partial charge in [-0.15, -0.1) is 0 Å². The minimum atomic E-state index is 0.506. The number of anilines is 1. The molecule has 0 aliphatic carbocycles. The van der Waals surface area contributed by atoms with Crippen molar-refractivity contribution in [3.8, 4) is 11.5 Å². The lowest BCUT2D eigenvalue weighted by Gasteiger charge is -2.14. The molecule has 0 aromatic heterocycles. The van der Waals surface area contributed by atoms with Crippen molar-refractivity contribution in [1.29, 1.82) is 0 Å². The lowest BCUT2D eigenvalue weighted by atomic mass is 10.2. The van der Waals surface area contributed by atoms with E-state index in [-0.39, 0.29) is 0 Å². The van der Waals surface area contributed by atoms with E-state index >= 15 is 0 Å². The summed E-state index contributed by atoms with van der Waals surface area (Å²) in [5.74, 6) is 2.28. The molecule has 2 aromatic carbocycles.